The van der Waals surface area contributed by atoms with Crippen molar-refractivity contribution < 1.29 is 17.3 Å². The summed E-state index contributed by atoms with van der Waals surface area (Å²) in [4.78, 5) is 9.16. The average molecular weight is 500 g/mol. The first-order chi connectivity index (χ1) is 16.6. The molecule has 2 aromatic heterocycles. The van der Waals surface area contributed by atoms with Crippen LogP contribution in [0.3, 0.4) is 0 Å². The molecule has 1 saturated carbocycles. The lowest BCUT2D eigenvalue weighted by atomic mass is 10.1. The number of nitrogens with one attached hydrogen (secondary N) is 1. The van der Waals surface area contributed by atoms with Crippen molar-refractivity contribution in [3.63, 3.8) is 0 Å². The highest BCUT2D eigenvalue weighted by Crippen LogP contribution is 2.41. The van der Waals surface area contributed by atoms with Crippen LogP contribution in [0.5, 0.6) is 0 Å². The van der Waals surface area contributed by atoms with Crippen LogP contribution in [0.4, 0.5) is 5.82 Å². The number of benzene rings is 1. The van der Waals surface area contributed by atoms with Gasteiger partial charge in [-0.3, -0.25) is 4.18 Å². The topological polar surface area (TPSA) is 121 Å². The monoisotopic (exact) mass is 499 g/mol. The summed E-state index contributed by atoms with van der Waals surface area (Å²) in [6.07, 6.45) is 6.99. The number of aryl methyl sites for hydroxylation is 1. The molecule has 0 aliphatic heterocycles. The molecule has 9 nitrogen and oxygen atoms in total. The van der Waals surface area contributed by atoms with E-state index in [0.717, 1.165) is 36.1 Å². The zero-order valence-corrected chi connectivity index (χ0v) is 21.2. The summed E-state index contributed by atoms with van der Waals surface area (Å²) in [6.45, 7) is 5.98. The van der Waals surface area contributed by atoms with E-state index in [4.69, 9.17) is 14.1 Å². The molecule has 0 amide bonds. The minimum absolute atomic E-state index is 0.00183. The number of hydrogen-bond donors (Lipinski definition) is 2. The van der Waals surface area contributed by atoms with Gasteiger partial charge in [-0.1, -0.05) is 24.3 Å². The van der Waals surface area contributed by atoms with Crippen molar-refractivity contribution in [2.75, 3.05) is 11.9 Å². The molecule has 188 valence electrons. The maximum absolute atomic E-state index is 11.4. The van der Waals surface area contributed by atoms with Crippen LogP contribution >= 0.6 is 0 Å². The summed E-state index contributed by atoms with van der Waals surface area (Å²) in [7, 11) is -4.01. The fourth-order valence-corrected chi connectivity index (χ4v) is 5.86. The van der Waals surface area contributed by atoms with Crippen molar-refractivity contribution in [3.8, 4) is 0 Å². The van der Waals surface area contributed by atoms with Crippen molar-refractivity contribution in [2.45, 2.75) is 70.2 Å². The van der Waals surface area contributed by atoms with E-state index in [1.54, 1.807) is 6.33 Å². The van der Waals surface area contributed by atoms with Gasteiger partial charge >= 0.3 is 10.3 Å². The molecule has 1 unspecified atom stereocenters. The van der Waals surface area contributed by atoms with Gasteiger partial charge in [0.05, 0.1) is 29.7 Å². The third-order valence-electron chi connectivity index (χ3n) is 6.90. The SMILES string of the molecule is CC(C)(C)O[C@H]1C[C@H](n2ccc3c(NC4CCc5ccccc54)ncnc32)C[C@H]1COS(N)(=O)=O. The second-order valence-corrected chi connectivity index (χ2v) is 11.8. The molecule has 5 rings (SSSR count). The van der Waals surface area contributed by atoms with E-state index < -0.39 is 10.3 Å². The molecule has 0 spiro atoms. The number of fused-ring (bicyclic) bond motifs is 2. The summed E-state index contributed by atoms with van der Waals surface area (Å²) < 4.78 is 36.2. The first-order valence-corrected chi connectivity index (χ1v) is 13.6. The number of hydrogen-bond acceptors (Lipinski definition) is 7. The van der Waals surface area contributed by atoms with E-state index in [2.05, 4.69) is 44.1 Å². The van der Waals surface area contributed by atoms with Gasteiger partial charge < -0.3 is 14.6 Å². The molecule has 1 fully saturated rings. The highest BCUT2D eigenvalue weighted by molar-refractivity contribution is 7.84. The number of aromatic nitrogens is 3. The summed E-state index contributed by atoms with van der Waals surface area (Å²) in [5.41, 5.74) is 3.20. The van der Waals surface area contributed by atoms with E-state index in [-0.39, 0.29) is 36.3 Å². The van der Waals surface area contributed by atoms with Gasteiger partial charge in [0.1, 0.15) is 17.8 Å². The van der Waals surface area contributed by atoms with Crippen LogP contribution in [-0.4, -0.2) is 41.3 Å². The van der Waals surface area contributed by atoms with Gasteiger partial charge in [-0.05, 0) is 63.6 Å². The van der Waals surface area contributed by atoms with Crippen molar-refractivity contribution >= 4 is 27.2 Å². The van der Waals surface area contributed by atoms with Gasteiger partial charge in [-0.25, -0.2) is 15.1 Å². The highest BCUT2D eigenvalue weighted by atomic mass is 32.2. The Kier molecular flexibility index (Phi) is 6.33. The first kappa shape index (κ1) is 24.2. The molecule has 3 N–H and O–H groups in total. The Balaban J connectivity index is 1.39. The molecule has 35 heavy (non-hydrogen) atoms. The van der Waals surface area contributed by atoms with Gasteiger partial charge in [-0.15, -0.1) is 0 Å². The number of nitrogens with zero attached hydrogens (tertiary/aromatic N) is 3. The van der Waals surface area contributed by atoms with Crippen molar-refractivity contribution in [1.29, 1.82) is 0 Å². The maximum atomic E-state index is 11.4. The van der Waals surface area contributed by atoms with Crippen LogP contribution in [0.25, 0.3) is 11.0 Å². The first-order valence-electron chi connectivity index (χ1n) is 12.1. The normalized spacial score (nSPS) is 24.7. The molecule has 4 atom stereocenters. The van der Waals surface area contributed by atoms with E-state index in [0.29, 0.717) is 6.42 Å². The lowest BCUT2D eigenvalue weighted by molar-refractivity contribution is -0.0808. The van der Waals surface area contributed by atoms with Gasteiger partial charge in [-0.2, -0.15) is 8.42 Å². The summed E-state index contributed by atoms with van der Waals surface area (Å²) >= 11 is 0. The quantitative estimate of drug-likeness (QED) is 0.506. The van der Waals surface area contributed by atoms with E-state index in [1.807, 2.05) is 33.0 Å². The highest BCUT2D eigenvalue weighted by Gasteiger charge is 2.39. The zero-order chi connectivity index (χ0) is 24.8. The van der Waals surface area contributed by atoms with Crippen LogP contribution in [0.1, 0.15) is 63.2 Å². The number of nitrogens with two attached hydrogens (primary N) is 1. The van der Waals surface area contributed by atoms with E-state index in [9.17, 15) is 8.42 Å². The van der Waals surface area contributed by atoms with Gasteiger partial charge in [0.2, 0.25) is 0 Å². The van der Waals surface area contributed by atoms with Gasteiger partial charge in [0.15, 0.2) is 0 Å². The molecule has 0 saturated heterocycles. The smallest absolute Gasteiger partial charge is 0.333 e. The molecule has 0 bridgehead atoms. The van der Waals surface area contributed by atoms with Gasteiger partial charge in [0.25, 0.3) is 0 Å². The van der Waals surface area contributed by atoms with Crippen molar-refractivity contribution in [3.05, 3.63) is 54.0 Å². The lowest BCUT2D eigenvalue weighted by Crippen LogP contribution is -2.32. The zero-order valence-electron chi connectivity index (χ0n) is 20.3. The number of ether oxygens (including phenoxy) is 1. The summed E-state index contributed by atoms with van der Waals surface area (Å²) in [5.74, 6) is 0.717. The minimum Gasteiger partial charge on any atom is -0.372 e. The summed E-state index contributed by atoms with van der Waals surface area (Å²) in [5, 5.41) is 9.69. The molecule has 2 heterocycles. The largest absolute Gasteiger partial charge is 0.372 e. The summed E-state index contributed by atoms with van der Waals surface area (Å²) in [6, 6.07) is 10.9. The Morgan fingerprint density at radius 1 is 1.17 bits per heavy atom. The van der Waals surface area contributed by atoms with Crippen LogP contribution < -0.4 is 10.5 Å². The standard InChI is InChI=1S/C25H33N5O4S/c1-25(2,3)34-22-13-18(12-17(22)14-33-35(26,31)32)30-11-10-20-23(27-15-28-24(20)30)29-21-9-8-16-6-4-5-7-19(16)21/h4-7,10-11,15,17-18,21-22H,8-9,12-14H2,1-3H3,(H2,26,31,32)(H,27,28,29)/t17-,18+,21?,22-/m0/s1. The molecular weight excluding hydrogens is 466 g/mol. The molecule has 0 radical (unpaired) electrons. The molecule has 3 aromatic rings. The third-order valence-corrected chi connectivity index (χ3v) is 7.37. The Morgan fingerprint density at radius 3 is 2.74 bits per heavy atom. The fourth-order valence-electron chi connectivity index (χ4n) is 5.49. The van der Waals surface area contributed by atoms with Crippen molar-refractivity contribution in [1.82, 2.24) is 14.5 Å². The fraction of sp³-hybridized carbons (Fsp3) is 0.520. The molecule has 1 aromatic carbocycles. The van der Waals surface area contributed by atoms with Gasteiger partial charge in [0, 0.05) is 18.2 Å². The van der Waals surface area contributed by atoms with Crippen LogP contribution in [0, 0.1) is 5.92 Å². The predicted molar refractivity (Wildman–Crippen MR) is 134 cm³/mol. The second-order valence-electron chi connectivity index (χ2n) is 10.5. The maximum Gasteiger partial charge on any atom is 0.333 e. The minimum atomic E-state index is -4.01. The molecule has 2 aliphatic carbocycles. The lowest BCUT2D eigenvalue weighted by Gasteiger charge is -2.28. The Bertz CT molecular complexity index is 1320. The molecular formula is C25H33N5O4S. The predicted octanol–water partition coefficient (Wildman–Crippen LogP) is 3.89. The molecule has 10 heteroatoms. The van der Waals surface area contributed by atoms with E-state index in [1.165, 1.54) is 11.1 Å². The average Bonchev–Trinajstić information content (AvgIpc) is 3.48. The molecule has 2 aliphatic rings. The Morgan fingerprint density at radius 2 is 1.97 bits per heavy atom. The number of rotatable bonds is 7. The second kappa shape index (κ2) is 9.16. The Hall–Kier alpha value is -2.53. The Labute approximate surface area is 206 Å². The van der Waals surface area contributed by atoms with Crippen LogP contribution in [0.2, 0.25) is 0 Å². The van der Waals surface area contributed by atoms with Crippen LogP contribution in [-0.2, 0) is 25.6 Å². The third kappa shape index (κ3) is 5.35. The van der Waals surface area contributed by atoms with E-state index >= 15 is 0 Å². The van der Waals surface area contributed by atoms with Crippen LogP contribution in [0.15, 0.2) is 42.9 Å². The van der Waals surface area contributed by atoms with Crippen molar-refractivity contribution in [2.24, 2.45) is 11.1 Å². The number of anilines is 1.